The lowest BCUT2D eigenvalue weighted by molar-refractivity contribution is -0.146. The number of carboxylic acids is 1. The molecule has 0 heterocycles. The van der Waals surface area contributed by atoms with Crippen LogP contribution >= 0.6 is 0 Å². The summed E-state index contributed by atoms with van der Waals surface area (Å²) in [5.74, 6) is -1.37. The maximum absolute atomic E-state index is 12.4. The van der Waals surface area contributed by atoms with E-state index in [1.165, 1.54) is 13.8 Å². The summed E-state index contributed by atoms with van der Waals surface area (Å²) in [5, 5.41) is 9.02. The van der Waals surface area contributed by atoms with E-state index in [0.717, 1.165) is 19.2 Å². The standard InChI is InChI=1S/C12H14F3NO4S/c1-11(2,10(17)18)16(3)21(19,20)9-6-4-8(5-7-9)12(13,14)15/h4-7H,1-3H3,(H,17,18). The van der Waals surface area contributed by atoms with E-state index in [-0.39, 0.29) is 0 Å². The monoisotopic (exact) mass is 325 g/mol. The van der Waals surface area contributed by atoms with Crippen molar-refractivity contribution in [3.8, 4) is 0 Å². The largest absolute Gasteiger partial charge is 0.480 e. The van der Waals surface area contributed by atoms with Gasteiger partial charge in [0.05, 0.1) is 10.5 Å². The van der Waals surface area contributed by atoms with Gasteiger partial charge in [0.15, 0.2) is 0 Å². The normalized spacial score (nSPS) is 13.5. The molecule has 0 saturated heterocycles. The molecule has 1 aromatic rings. The Labute approximate surface area is 120 Å². The van der Waals surface area contributed by atoms with Gasteiger partial charge in [0.1, 0.15) is 5.54 Å². The topological polar surface area (TPSA) is 74.7 Å². The molecule has 0 amide bonds. The van der Waals surface area contributed by atoms with E-state index in [9.17, 15) is 26.4 Å². The van der Waals surface area contributed by atoms with Crippen LogP contribution in [0.1, 0.15) is 19.4 Å². The van der Waals surface area contributed by atoms with E-state index in [2.05, 4.69) is 0 Å². The number of rotatable bonds is 4. The number of sulfonamides is 1. The molecule has 0 bridgehead atoms. The van der Waals surface area contributed by atoms with Crippen LogP contribution in [0.15, 0.2) is 29.2 Å². The van der Waals surface area contributed by atoms with Crippen LogP contribution in [0.2, 0.25) is 0 Å². The highest BCUT2D eigenvalue weighted by Crippen LogP contribution is 2.31. The second-order valence-corrected chi connectivity index (χ2v) is 6.83. The second-order valence-electron chi connectivity index (χ2n) is 4.86. The lowest BCUT2D eigenvalue weighted by Crippen LogP contribution is -2.50. The Hall–Kier alpha value is -1.61. The first-order chi connectivity index (χ1) is 9.31. The van der Waals surface area contributed by atoms with E-state index < -0.39 is 38.2 Å². The molecule has 1 N–H and O–H groups in total. The van der Waals surface area contributed by atoms with Gasteiger partial charge in [-0.3, -0.25) is 4.79 Å². The summed E-state index contributed by atoms with van der Waals surface area (Å²) >= 11 is 0. The Morgan fingerprint density at radius 3 is 1.90 bits per heavy atom. The maximum atomic E-state index is 12.4. The number of nitrogens with zero attached hydrogens (tertiary/aromatic N) is 1. The number of alkyl halides is 3. The molecule has 0 atom stereocenters. The van der Waals surface area contributed by atoms with E-state index in [1.807, 2.05) is 0 Å². The van der Waals surface area contributed by atoms with Crippen molar-refractivity contribution in [1.82, 2.24) is 4.31 Å². The summed E-state index contributed by atoms with van der Waals surface area (Å²) in [6, 6.07) is 2.86. The average Bonchev–Trinajstić information content (AvgIpc) is 2.36. The van der Waals surface area contributed by atoms with Crippen LogP contribution < -0.4 is 0 Å². The summed E-state index contributed by atoms with van der Waals surface area (Å²) in [6.07, 6.45) is -4.57. The molecule has 0 aliphatic carbocycles. The first-order valence-corrected chi connectivity index (χ1v) is 7.15. The first kappa shape index (κ1) is 17.4. The van der Waals surface area contributed by atoms with Gasteiger partial charge in [0, 0.05) is 7.05 Å². The predicted molar refractivity (Wildman–Crippen MR) is 68.1 cm³/mol. The molecule has 0 unspecified atom stereocenters. The molecule has 9 heteroatoms. The zero-order valence-electron chi connectivity index (χ0n) is 11.5. The Morgan fingerprint density at radius 2 is 1.57 bits per heavy atom. The number of hydrogen-bond donors (Lipinski definition) is 1. The summed E-state index contributed by atoms with van der Waals surface area (Å²) in [5.41, 5.74) is -2.72. The van der Waals surface area contributed by atoms with Crippen LogP contribution in [-0.2, 0) is 21.0 Å². The van der Waals surface area contributed by atoms with Crippen LogP contribution in [0, 0.1) is 0 Å². The van der Waals surface area contributed by atoms with Crippen LogP contribution in [0.5, 0.6) is 0 Å². The molecule has 0 aliphatic heterocycles. The molecular formula is C12H14F3NO4S. The third-order valence-electron chi connectivity index (χ3n) is 3.15. The van der Waals surface area contributed by atoms with Gasteiger partial charge >= 0.3 is 12.1 Å². The van der Waals surface area contributed by atoms with Crippen molar-refractivity contribution in [2.75, 3.05) is 7.05 Å². The summed E-state index contributed by atoms with van der Waals surface area (Å²) in [6.45, 7) is 2.36. The number of likely N-dealkylation sites (N-methyl/N-ethyl adjacent to an activating group) is 1. The van der Waals surface area contributed by atoms with Crippen LogP contribution in [0.4, 0.5) is 13.2 Å². The van der Waals surface area contributed by atoms with Gasteiger partial charge < -0.3 is 5.11 Å². The summed E-state index contributed by atoms with van der Waals surface area (Å²) < 4.78 is 62.3. The van der Waals surface area contributed by atoms with Gasteiger partial charge in [0.2, 0.25) is 10.0 Å². The van der Waals surface area contributed by atoms with E-state index in [1.54, 1.807) is 0 Å². The Morgan fingerprint density at radius 1 is 1.14 bits per heavy atom. The fraction of sp³-hybridized carbons (Fsp3) is 0.417. The van der Waals surface area contributed by atoms with E-state index >= 15 is 0 Å². The highest BCUT2D eigenvalue weighted by molar-refractivity contribution is 7.89. The van der Waals surface area contributed by atoms with Crippen molar-refractivity contribution < 1.29 is 31.5 Å². The molecule has 5 nitrogen and oxygen atoms in total. The zero-order valence-corrected chi connectivity index (χ0v) is 12.3. The Kier molecular flexibility index (Phi) is 4.40. The molecule has 0 spiro atoms. The molecule has 0 saturated carbocycles. The molecule has 1 rings (SSSR count). The molecule has 0 fully saturated rings. The lowest BCUT2D eigenvalue weighted by atomic mass is 10.1. The average molecular weight is 325 g/mol. The Bertz CT molecular complexity index is 635. The SMILES string of the molecule is CN(C(C)(C)C(=O)O)S(=O)(=O)c1ccc(C(F)(F)F)cc1. The van der Waals surface area contributed by atoms with Gasteiger partial charge in [-0.2, -0.15) is 17.5 Å². The third kappa shape index (κ3) is 3.35. The zero-order chi connectivity index (χ0) is 16.6. The fourth-order valence-corrected chi connectivity index (χ4v) is 2.88. The number of hydrogen-bond acceptors (Lipinski definition) is 3. The minimum absolute atomic E-state index is 0.410. The van der Waals surface area contributed by atoms with Crippen molar-refractivity contribution in [3.63, 3.8) is 0 Å². The van der Waals surface area contributed by atoms with Crippen molar-refractivity contribution in [2.24, 2.45) is 0 Å². The van der Waals surface area contributed by atoms with Gasteiger partial charge in [-0.15, -0.1) is 0 Å². The van der Waals surface area contributed by atoms with Gasteiger partial charge in [0.25, 0.3) is 0 Å². The van der Waals surface area contributed by atoms with Crippen molar-refractivity contribution in [3.05, 3.63) is 29.8 Å². The summed E-state index contributed by atoms with van der Waals surface area (Å²) in [7, 11) is -3.16. The quantitative estimate of drug-likeness (QED) is 0.921. The summed E-state index contributed by atoms with van der Waals surface area (Å²) in [4.78, 5) is 10.7. The van der Waals surface area contributed by atoms with E-state index in [0.29, 0.717) is 16.4 Å². The maximum Gasteiger partial charge on any atom is 0.416 e. The molecule has 21 heavy (non-hydrogen) atoms. The van der Waals surface area contributed by atoms with Crippen LogP contribution in [0.3, 0.4) is 0 Å². The second kappa shape index (κ2) is 5.30. The molecule has 0 aliphatic rings. The molecule has 0 radical (unpaired) electrons. The number of benzene rings is 1. The fourth-order valence-electron chi connectivity index (χ4n) is 1.41. The van der Waals surface area contributed by atoms with Gasteiger partial charge in [-0.1, -0.05) is 0 Å². The number of carboxylic acid groups (broad SMARTS) is 1. The number of aliphatic carboxylic acids is 1. The highest BCUT2D eigenvalue weighted by atomic mass is 32.2. The van der Waals surface area contributed by atoms with Crippen molar-refractivity contribution >= 4 is 16.0 Å². The minimum Gasteiger partial charge on any atom is -0.480 e. The molecule has 118 valence electrons. The highest BCUT2D eigenvalue weighted by Gasteiger charge is 2.40. The minimum atomic E-state index is -4.57. The first-order valence-electron chi connectivity index (χ1n) is 5.71. The van der Waals surface area contributed by atoms with E-state index in [4.69, 9.17) is 5.11 Å². The lowest BCUT2D eigenvalue weighted by Gasteiger charge is -2.30. The third-order valence-corrected chi connectivity index (χ3v) is 5.20. The molecule has 1 aromatic carbocycles. The smallest absolute Gasteiger partial charge is 0.416 e. The van der Waals surface area contributed by atoms with Crippen LogP contribution in [0.25, 0.3) is 0 Å². The molecule has 0 aromatic heterocycles. The Balaban J connectivity index is 3.24. The van der Waals surface area contributed by atoms with Crippen molar-refractivity contribution in [2.45, 2.75) is 30.5 Å². The predicted octanol–water partition coefficient (Wildman–Crippen LogP) is 2.19. The van der Waals surface area contributed by atoms with Gasteiger partial charge in [-0.25, -0.2) is 8.42 Å². The van der Waals surface area contributed by atoms with Crippen LogP contribution in [-0.4, -0.2) is 36.4 Å². The van der Waals surface area contributed by atoms with Gasteiger partial charge in [-0.05, 0) is 38.1 Å². The number of halogens is 3. The molecular weight excluding hydrogens is 311 g/mol. The number of carbonyl (C=O) groups is 1. The van der Waals surface area contributed by atoms with Crippen molar-refractivity contribution in [1.29, 1.82) is 0 Å².